The summed E-state index contributed by atoms with van der Waals surface area (Å²) in [5.74, 6) is -0.731. The smallest absolute Gasteiger partial charge is 0.376 e. The average molecular weight is 261 g/mol. The van der Waals surface area contributed by atoms with Crippen molar-refractivity contribution in [2.24, 2.45) is 0 Å². The van der Waals surface area contributed by atoms with E-state index >= 15 is 0 Å². The van der Waals surface area contributed by atoms with Gasteiger partial charge in [-0.3, -0.25) is 0 Å². The van der Waals surface area contributed by atoms with Gasteiger partial charge in [-0.05, 0) is 6.92 Å². The van der Waals surface area contributed by atoms with Crippen LogP contribution in [0.4, 0.5) is 14.6 Å². The number of anilines is 1. The molecule has 0 saturated carbocycles. The number of aliphatic hydroxyl groups excluding tert-OH is 1. The van der Waals surface area contributed by atoms with Gasteiger partial charge in [0.1, 0.15) is 11.9 Å². The molecule has 0 bridgehead atoms. The largest absolute Gasteiger partial charge is 0.463 e. The quantitative estimate of drug-likeness (QED) is 0.755. The van der Waals surface area contributed by atoms with E-state index in [9.17, 15) is 13.6 Å². The second-order valence-electron chi connectivity index (χ2n) is 3.49. The van der Waals surface area contributed by atoms with Crippen LogP contribution in [-0.2, 0) is 4.74 Å². The predicted molar refractivity (Wildman–Crippen MR) is 58.6 cm³/mol. The van der Waals surface area contributed by atoms with Gasteiger partial charge in [0, 0.05) is 18.3 Å². The predicted octanol–water partition coefficient (Wildman–Crippen LogP) is 0.610. The zero-order valence-corrected chi connectivity index (χ0v) is 9.85. The fourth-order valence-corrected chi connectivity index (χ4v) is 1.14. The molecule has 1 aromatic heterocycles. The molecular weight excluding hydrogens is 248 g/mol. The summed E-state index contributed by atoms with van der Waals surface area (Å²) in [6, 6.07) is 1.46. The lowest BCUT2D eigenvalue weighted by atomic mass is 10.3. The average Bonchev–Trinajstić information content (AvgIpc) is 2.34. The number of nitrogens with zero attached hydrogens (tertiary/aromatic N) is 2. The van der Waals surface area contributed by atoms with Gasteiger partial charge < -0.3 is 15.2 Å². The lowest BCUT2D eigenvalue weighted by molar-refractivity contribution is 0.00380. The van der Waals surface area contributed by atoms with Crippen molar-refractivity contribution in [3.8, 4) is 0 Å². The molecule has 0 spiro atoms. The molecule has 1 heterocycles. The highest BCUT2D eigenvalue weighted by Gasteiger charge is 2.17. The van der Waals surface area contributed by atoms with Gasteiger partial charge in [0.2, 0.25) is 5.82 Å². The number of hydrogen-bond donors (Lipinski definition) is 2. The van der Waals surface area contributed by atoms with E-state index < -0.39 is 18.5 Å². The van der Waals surface area contributed by atoms with E-state index in [0.717, 1.165) is 0 Å². The maximum atomic E-state index is 12.1. The number of aryl methyl sites for hydroxylation is 1. The van der Waals surface area contributed by atoms with Crippen LogP contribution in [0.3, 0.4) is 0 Å². The SMILES string of the molecule is COC(=O)c1nc(C)cc(NCC(O)C(F)F)n1. The molecule has 0 amide bonds. The minimum atomic E-state index is -2.85. The molecule has 0 aliphatic heterocycles. The first-order chi connectivity index (χ1) is 8.43. The molecule has 0 fully saturated rings. The Balaban J connectivity index is 2.77. The van der Waals surface area contributed by atoms with Gasteiger partial charge in [0.25, 0.3) is 6.43 Å². The first kappa shape index (κ1) is 14.2. The minimum Gasteiger partial charge on any atom is -0.463 e. The highest BCUT2D eigenvalue weighted by atomic mass is 19.3. The van der Waals surface area contributed by atoms with E-state index in [1.807, 2.05) is 0 Å². The molecule has 8 heteroatoms. The number of rotatable bonds is 5. The number of hydrogen-bond acceptors (Lipinski definition) is 6. The Morgan fingerprint density at radius 3 is 2.78 bits per heavy atom. The first-order valence-electron chi connectivity index (χ1n) is 5.08. The maximum Gasteiger partial charge on any atom is 0.376 e. The molecule has 0 saturated heterocycles. The van der Waals surface area contributed by atoms with Gasteiger partial charge in [-0.1, -0.05) is 0 Å². The van der Waals surface area contributed by atoms with Crippen LogP contribution < -0.4 is 5.32 Å². The Labute approximate surface area is 102 Å². The molecule has 6 nitrogen and oxygen atoms in total. The third-order valence-corrected chi connectivity index (χ3v) is 2.01. The Bertz CT molecular complexity index is 429. The molecule has 1 rings (SSSR count). The molecule has 100 valence electrons. The highest BCUT2D eigenvalue weighted by molar-refractivity contribution is 5.85. The van der Waals surface area contributed by atoms with Gasteiger partial charge in [-0.15, -0.1) is 0 Å². The topological polar surface area (TPSA) is 84.3 Å². The zero-order valence-electron chi connectivity index (χ0n) is 9.85. The zero-order chi connectivity index (χ0) is 13.7. The van der Waals surface area contributed by atoms with Crippen molar-refractivity contribution < 1.29 is 23.4 Å². The van der Waals surface area contributed by atoms with Crippen LogP contribution in [0.15, 0.2) is 6.07 Å². The number of nitrogens with one attached hydrogen (secondary N) is 1. The first-order valence-corrected chi connectivity index (χ1v) is 5.08. The molecule has 0 aliphatic carbocycles. The number of aromatic nitrogens is 2. The standard InChI is InChI=1S/C10H13F2N3O3/c1-5-3-7(13-4-6(16)8(11)12)15-9(14-5)10(17)18-2/h3,6,8,16H,4H2,1-2H3,(H,13,14,15). The Hall–Kier alpha value is -1.83. The van der Waals surface area contributed by atoms with Crippen LogP contribution in [0.1, 0.15) is 16.3 Å². The number of methoxy groups -OCH3 is 1. The number of aliphatic hydroxyl groups is 1. The normalized spacial score (nSPS) is 12.3. The number of carbonyl (C=O) groups excluding carboxylic acids is 1. The summed E-state index contributed by atoms with van der Waals surface area (Å²) in [7, 11) is 1.18. The van der Waals surface area contributed by atoms with E-state index in [1.165, 1.54) is 13.2 Å². The summed E-state index contributed by atoms with van der Waals surface area (Å²) in [5.41, 5.74) is 0.472. The number of alkyl halides is 2. The van der Waals surface area contributed by atoms with Crippen LogP contribution in [0.2, 0.25) is 0 Å². The molecule has 0 radical (unpaired) electrons. The fourth-order valence-electron chi connectivity index (χ4n) is 1.14. The Morgan fingerprint density at radius 2 is 2.22 bits per heavy atom. The van der Waals surface area contributed by atoms with Crippen molar-refractivity contribution in [1.82, 2.24) is 9.97 Å². The van der Waals surface area contributed by atoms with Gasteiger partial charge in [-0.25, -0.2) is 23.5 Å². The molecule has 1 atom stereocenters. The van der Waals surface area contributed by atoms with Crippen molar-refractivity contribution in [3.05, 3.63) is 17.6 Å². The summed E-state index contributed by atoms with van der Waals surface area (Å²) in [5, 5.41) is 11.4. The van der Waals surface area contributed by atoms with E-state index in [4.69, 9.17) is 5.11 Å². The number of esters is 1. The number of halogens is 2. The van der Waals surface area contributed by atoms with E-state index in [1.54, 1.807) is 6.92 Å². The van der Waals surface area contributed by atoms with Crippen LogP contribution in [0.25, 0.3) is 0 Å². The van der Waals surface area contributed by atoms with Gasteiger partial charge in [0.15, 0.2) is 0 Å². The van der Waals surface area contributed by atoms with Crippen molar-refractivity contribution in [1.29, 1.82) is 0 Å². The summed E-state index contributed by atoms with van der Waals surface area (Å²) >= 11 is 0. The minimum absolute atomic E-state index is 0.169. The van der Waals surface area contributed by atoms with E-state index in [-0.39, 0.29) is 18.2 Å². The van der Waals surface area contributed by atoms with Crippen molar-refractivity contribution in [3.63, 3.8) is 0 Å². The summed E-state index contributed by atoms with van der Waals surface area (Å²) < 4.78 is 28.6. The highest BCUT2D eigenvalue weighted by Crippen LogP contribution is 2.08. The molecule has 18 heavy (non-hydrogen) atoms. The van der Waals surface area contributed by atoms with Gasteiger partial charge in [-0.2, -0.15) is 0 Å². The molecule has 2 N–H and O–H groups in total. The second-order valence-corrected chi connectivity index (χ2v) is 3.49. The molecule has 1 aromatic rings. The molecule has 1 unspecified atom stereocenters. The fraction of sp³-hybridized carbons (Fsp3) is 0.500. The monoisotopic (exact) mass is 261 g/mol. The molecule has 0 aliphatic rings. The Morgan fingerprint density at radius 1 is 1.56 bits per heavy atom. The third kappa shape index (κ3) is 3.88. The molecular formula is C10H13F2N3O3. The van der Waals surface area contributed by atoms with E-state index in [0.29, 0.717) is 5.69 Å². The molecule has 0 aromatic carbocycles. The van der Waals surface area contributed by atoms with Crippen LogP contribution >= 0.6 is 0 Å². The lowest BCUT2D eigenvalue weighted by Gasteiger charge is -2.11. The maximum absolute atomic E-state index is 12.1. The summed E-state index contributed by atoms with van der Waals surface area (Å²) in [4.78, 5) is 18.8. The summed E-state index contributed by atoms with van der Waals surface area (Å²) in [6.45, 7) is 1.23. The van der Waals surface area contributed by atoms with Crippen LogP contribution in [0, 0.1) is 6.92 Å². The van der Waals surface area contributed by atoms with Gasteiger partial charge in [0.05, 0.1) is 7.11 Å². The van der Waals surface area contributed by atoms with Crippen LogP contribution in [-0.4, -0.2) is 47.2 Å². The summed E-state index contributed by atoms with van der Waals surface area (Å²) in [6.07, 6.45) is -4.65. The van der Waals surface area contributed by atoms with E-state index in [2.05, 4.69) is 20.0 Å². The third-order valence-electron chi connectivity index (χ3n) is 2.01. The van der Waals surface area contributed by atoms with Gasteiger partial charge >= 0.3 is 5.97 Å². The number of ether oxygens (including phenoxy) is 1. The van der Waals surface area contributed by atoms with Crippen molar-refractivity contribution >= 4 is 11.8 Å². The van der Waals surface area contributed by atoms with Crippen molar-refractivity contribution in [2.45, 2.75) is 19.5 Å². The lowest BCUT2D eigenvalue weighted by Crippen LogP contribution is -2.27. The van der Waals surface area contributed by atoms with Crippen molar-refractivity contribution in [2.75, 3.05) is 19.0 Å². The Kier molecular flexibility index (Phi) is 4.90. The van der Waals surface area contributed by atoms with Crippen LogP contribution in [0.5, 0.6) is 0 Å². The second kappa shape index (κ2) is 6.20. The number of carbonyl (C=O) groups is 1.